The Kier molecular flexibility index (Phi) is 3.23. The summed E-state index contributed by atoms with van der Waals surface area (Å²) in [6.07, 6.45) is 7.59. The molecule has 2 nitrogen and oxygen atoms in total. The van der Waals surface area contributed by atoms with Gasteiger partial charge in [0.05, 0.1) is 19.3 Å². The van der Waals surface area contributed by atoms with E-state index in [1.54, 1.807) is 0 Å². The van der Waals surface area contributed by atoms with E-state index in [1.165, 1.54) is 32.1 Å². The zero-order valence-electron chi connectivity index (χ0n) is 8.50. The van der Waals surface area contributed by atoms with Crippen molar-refractivity contribution < 1.29 is 9.47 Å². The molecule has 0 aromatic rings. The van der Waals surface area contributed by atoms with Crippen LogP contribution in [-0.4, -0.2) is 25.4 Å². The molecule has 0 aromatic carbocycles. The normalized spacial score (nSPS) is 39.0. The Hall–Kier alpha value is -0.0800. The van der Waals surface area contributed by atoms with Crippen LogP contribution < -0.4 is 0 Å². The van der Waals surface area contributed by atoms with Crippen LogP contribution in [0.3, 0.4) is 0 Å². The van der Waals surface area contributed by atoms with E-state index in [-0.39, 0.29) is 0 Å². The highest BCUT2D eigenvalue weighted by Crippen LogP contribution is 2.28. The largest absolute Gasteiger partial charge is 0.375 e. The Balaban J connectivity index is 1.59. The van der Waals surface area contributed by atoms with Gasteiger partial charge in [-0.25, -0.2) is 0 Å². The molecule has 1 aliphatic carbocycles. The van der Waals surface area contributed by atoms with Crippen LogP contribution >= 0.6 is 0 Å². The van der Waals surface area contributed by atoms with E-state index >= 15 is 0 Å². The molecule has 2 aliphatic rings. The summed E-state index contributed by atoms with van der Waals surface area (Å²) in [5.41, 5.74) is 0. The second kappa shape index (κ2) is 4.43. The van der Waals surface area contributed by atoms with Crippen LogP contribution in [0.15, 0.2) is 0 Å². The Morgan fingerprint density at radius 1 is 1.23 bits per heavy atom. The molecule has 76 valence electrons. The van der Waals surface area contributed by atoms with Crippen molar-refractivity contribution in [1.82, 2.24) is 0 Å². The first-order valence-corrected chi connectivity index (χ1v) is 5.61. The summed E-state index contributed by atoms with van der Waals surface area (Å²) in [5.74, 6) is 0.969. The van der Waals surface area contributed by atoms with Crippen LogP contribution in [0.5, 0.6) is 0 Å². The van der Waals surface area contributed by atoms with Crippen LogP contribution in [0.25, 0.3) is 0 Å². The predicted molar refractivity (Wildman–Crippen MR) is 51.7 cm³/mol. The topological polar surface area (TPSA) is 21.8 Å². The third kappa shape index (κ3) is 2.96. The van der Waals surface area contributed by atoms with Gasteiger partial charge < -0.3 is 9.47 Å². The van der Waals surface area contributed by atoms with Gasteiger partial charge in [0.25, 0.3) is 0 Å². The molecule has 2 rings (SSSR count). The molecule has 2 heteroatoms. The van der Waals surface area contributed by atoms with Gasteiger partial charge in [0.15, 0.2) is 0 Å². The van der Waals surface area contributed by atoms with Crippen LogP contribution in [0.4, 0.5) is 0 Å². The van der Waals surface area contributed by atoms with Crippen LogP contribution in [0.2, 0.25) is 0 Å². The van der Waals surface area contributed by atoms with E-state index in [0.29, 0.717) is 12.2 Å². The summed E-state index contributed by atoms with van der Waals surface area (Å²) >= 11 is 0. The molecule has 0 spiro atoms. The summed E-state index contributed by atoms with van der Waals surface area (Å²) < 4.78 is 10.9. The zero-order chi connectivity index (χ0) is 9.10. The van der Waals surface area contributed by atoms with Gasteiger partial charge in [-0.2, -0.15) is 0 Å². The maximum atomic E-state index is 5.77. The van der Waals surface area contributed by atoms with Crippen molar-refractivity contribution in [2.75, 3.05) is 13.2 Å². The first kappa shape index (κ1) is 9.47. The highest BCUT2D eigenvalue weighted by molar-refractivity contribution is 4.74. The number of hydrogen-bond acceptors (Lipinski definition) is 2. The fourth-order valence-electron chi connectivity index (χ4n) is 2.11. The van der Waals surface area contributed by atoms with E-state index in [4.69, 9.17) is 9.47 Å². The van der Waals surface area contributed by atoms with Crippen molar-refractivity contribution in [3.8, 4) is 0 Å². The van der Waals surface area contributed by atoms with Gasteiger partial charge in [0.1, 0.15) is 6.10 Å². The van der Waals surface area contributed by atoms with E-state index in [9.17, 15) is 0 Å². The number of rotatable bonds is 4. The van der Waals surface area contributed by atoms with Gasteiger partial charge >= 0.3 is 0 Å². The van der Waals surface area contributed by atoms with Gasteiger partial charge in [-0.1, -0.05) is 13.3 Å². The Morgan fingerprint density at radius 2 is 1.92 bits per heavy atom. The molecule has 0 radical (unpaired) electrons. The van der Waals surface area contributed by atoms with Crippen LogP contribution in [0, 0.1) is 5.92 Å². The molecule has 1 saturated carbocycles. The van der Waals surface area contributed by atoms with E-state index in [2.05, 4.69) is 6.92 Å². The molecule has 0 amide bonds. The van der Waals surface area contributed by atoms with Gasteiger partial charge in [-0.3, -0.25) is 0 Å². The average molecular weight is 184 g/mol. The lowest BCUT2D eigenvalue weighted by molar-refractivity contribution is 0.0101. The van der Waals surface area contributed by atoms with Crippen molar-refractivity contribution in [1.29, 1.82) is 0 Å². The van der Waals surface area contributed by atoms with E-state index in [1.807, 2.05) is 0 Å². The molecule has 0 aromatic heterocycles. The zero-order valence-corrected chi connectivity index (χ0v) is 8.50. The summed E-state index contributed by atoms with van der Waals surface area (Å²) in [6, 6.07) is 0. The van der Waals surface area contributed by atoms with Gasteiger partial charge in [-0.05, 0) is 31.6 Å². The van der Waals surface area contributed by atoms with Crippen molar-refractivity contribution >= 4 is 0 Å². The monoisotopic (exact) mass is 184 g/mol. The number of ether oxygens (including phenoxy) is 2. The van der Waals surface area contributed by atoms with Crippen LogP contribution in [0.1, 0.15) is 39.0 Å². The standard InChI is InChI=1S/C11H20O2/c1-2-9-3-5-10(6-4-9)12-7-11-8-13-11/h9-11H,2-8H2,1H3. The third-order valence-electron chi connectivity index (χ3n) is 3.29. The average Bonchev–Trinajstić information content (AvgIpc) is 2.99. The fourth-order valence-corrected chi connectivity index (χ4v) is 2.11. The smallest absolute Gasteiger partial charge is 0.104 e. The summed E-state index contributed by atoms with van der Waals surface area (Å²) in [5, 5.41) is 0. The Bertz CT molecular complexity index is 146. The highest BCUT2D eigenvalue weighted by atomic mass is 16.6. The van der Waals surface area contributed by atoms with Gasteiger partial charge in [0, 0.05) is 0 Å². The third-order valence-corrected chi connectivity index (χ3v) is 3.29. The Labute approximate surface area is 80.6 Å². The first-order chi connectivity index (χ1) is 6.38. The van der Waals surface area contributed by atoms with E-state index < -0.39 is 0 Å². The quantitative estimate of drug-likeness (QED) is 0.626. The molecule has 1 heterocycles. The lowest BCUT2D eigenvalue weighted by Gasteiger charge is -2.27. The predicted octanol–water partition coefficient (Wildman–Crippen LogP) is 2.37. The van der Waals surface area contributed by atoms with Crippen LogP contribution in [-0.2, 0) is 9.47 Å². The molecule has 1 unspecified atom stereocenters. The maximum Gasteiger partial charge on any atom is 0.104 e. The lowest BCUT2D eigenvalue weighted by Crippen LogP contribution is -2.23. The maximum absolute atomic E-state index is 5.77. The first-order valence-electron chi connectivity index (χ1n) is 5.61. The second-order valence-electron chi connectivity index (χ2n) is 4.34. The molecule has 13 heavy (non-hydrogen) atoms. The molecular formula is C11H20O2. The number of hydrogen-bond donors (Lipinski definition) is 0. The molecule has 2 fully saturated rings. The van der Waals surface area contributed by atoms with Crippen molar-refractivity contribution in [3.05, 3.63) is 0 Å². The molecule has 0 bridgehead atoms. The van der Waals surface area contributed by atoms with Crippen molar-refractivity contribution in [2.24, 2.45) is 5.92 Å². The summed E-state index contributed by atoms with van der Waals surface area (Å²) in [4.78, 5) is 0. The van der Waals surface area contributed by atoms with Crippen molar-refractivity contribution in [2.45, 2.75) is 51.2 Å². The second-order valence-corrected chi connectivity index (χ2v) is 4.34. The minimum absolute atomic E-state index is 0.434. The summed E-state index contributed by atoms with van der Waals surface area (Å²) in [7, 11) is 0. The minimum Gasteiger partial charge on any atom is -0.375 e. The number of epoxide rings is 1. The summed E-state index contributed by atoms with van der Waals surface area (Å²) in [6.45, 7) is 4.05. The fraction of sp³-hybridized carbons (Fsp3) is 1.00. The molecular weight excluding hydrogens is 164 g/mol. The molecule has 1 aliphatic heterocycles. The van der Waals surface area contributed by atoms with Gasteiger partial charge in [0.2, 0.25) is 0 Å². The van der Waals surface area contributed by atoms with Gasteiger partial charge in [-0.15, -0.1) is 0 Å². The van der Waals surface area contributed by atoms with Crippen molar-refractivity contribution in [3.63, 3.8) is 0 Å². The lowest BCUT2D eigenvalue weighted by atomic mass is 9.86. The SMILES string of the molecule is CCC1CCC(OCC2CO2)CC1. The minimum atomic E-state index is 0.434. The molecule has 1 saturated heterocycles. The molecule has 1 atom stereocenters. The van der Waals surface area contributed by atoms with E-state index in [0.717, 1.165) is 19.1 Å². The highest BCUT2D eigenvalue weighted by Gasteiger charge is 2.26. The molecule has 0 N–H and O–H groups in total. The Morgan fingerprint density at radius 3 is 2.46 bits per heavy atom.